The number of hydrogen-bond acceptors (Lipinski definition) is 3. The monoisotopic (exact) mass is 486 g/mol. The summed E-state index contributed by atoms with van der Waals surface area (Å²) in [7, 11) is -3.72. The molecule has 5 nitrogen and oxygen atoms in total. The Hall–Kier alpha value is -2.74. The highest BCUT2D eigenvalue weighted by Crippen LogP contribution is 2.27. The zero-order valence-electron chi connectivity index (χ0n) is 17.8. The molecule has 1 atom stereocenters. The van der Waals surface area contributed by atoms with Crippen molar-refractivity contribution < 1.29 is 17.6 Å². The lowest BCUT2D eigenvalue weighted by Gasteiger charge is -2.31. The van der Waals surface area contributed by atoms with E-state index in [1.165, 1.54) is 16.4 Å². The van der Waals surface area contributed by atoms with Crippen molar-refractivity contribution in [2.75, 3.05) is 13.1 Å². The van der Waals surface area contributed by atoms with E-state index in [-0.39, 0.29) is 35.9 Å². The molecule has 1 fully saturated rings. The largest absolute Gasteiger partial charge is 0.345 e. The molecule has 172 valence electrons. The molecule has 1 N–H and O–H groups in total. The first-order valence-electron chi connectivity index (χ1n) is 10.7. The van der Waals surface area contributed by atoms with Gasteiger partial charge >= 0.3 is 0 Å². The van der Waals surface area contributed by atoms with E-state index in [4.69, 9.17) is 11.6 Å². The average Bonchev–Trinajstić information content (AvgIpc) is 2.84. The summed E-state index contributed by atoms with van der Waals surface area (Å²) in [6.07, 6.45) is 0.822. The van der Waals surface area contributed by atoms with Gasteiger partial charge in [-0.25, -0.2) is 12.8 Å². The van der Waals surface area contributed by atoms with Crippen LogP contribution >= 0.6 is 11.6 Å². The second kappa shape index (κ2) is 10.0. The van der Waals surface area contributed by atoms with Gasteiger partial charge in [0.1, 0.15) is 5.82 Å². The number of nitrogens with zero attached hydrogens (tertiary/aromatic N) is 1. The summed E-state index contributed by atoms with van der Waals surface area (Å²) in [5.74, 6) is -0.904. The first kappa shape index (κ1) is 23.4. The Balaban J connectivity index is 1.45. The van der Waals surface area contributed by atoms with Crippen LogP contribution in [0.1, 0.15) is 30.0 Å². The number of carbonyl (C=O) groups excluding carboxylic acids is 1. The van der Waals surface area contributed by atoms with Gasteiger partial charge in [-0.1, -0.05) is 54.1 Å². The van der Waals surface area contributed by atoms with E-state index in [9.17, 15) is 17.6 Å². The number of nitrogens with one attached hydrogen (secondary N) is 1. The second-order valence-corrected chi connectivity index (χ2v) is 10.4. The fourth-order valence-corrected chi connectivity index (χ4v) is 5.63. The number of hydrogen-bond donors (Lipinski definition) is 1. The van der Waals surface area contributed by atoms with Crippen LogP contribution in [-0.2, 0) is 14.8 Å². The van der Waals surface area contributed by atoms with Crippen molar-refractivity contribution in [3.05, 3.63) is 101 Å². The SMILES string of the molecule is O=C(NC(c1ccccc1)c1ccc(Cl)cc1)C1CCN(S(=O)(=O)c2ccc(F)cc2)CC1. The van der Waals surface area contributed by atoms with Crippen molar-refractivity contribution in [1.29, 1.82) is 0 Å². The van der Waals surface area contributed by atoms with E-state index < -0.39 is 15.8 Å². The number of benzene rings is 3. The Labute approximate surface area is 198 Å². The second-order valence-electron chi connectivity index (χ2n) is 8.04. The number of amides is 1. The molecule has 1 unspecified atom stereocenters. The van der Waals surface area contributed by atoms with Gasteiger partial charge in [0.15, 0.2) is 0 Å². The van der Waals surface area contributed by atoms with Gasteiger partial charge in [-0.3, -0.25) is 4.79 Å². The highest BCUT2D eigenvalue weighted by atomic mass is 35.5. The summed E-state index contributed by atoms with van der Waals surface area (Å²) in [5.41, 5.74) is 1.86. The van der Waals surface area contributed by atoms with E-state index in [1.54, 1.807) is 12.1 Å². The summed E-state index contributed by atoms with van der Waals surface area (Å²) < 4.78 is 40.2. The van der Waals surface area contributed by atoms with Crippen LogP contribution in [0.5, 0.6) is 0 Å². The molecule has 0 radical (unpaired) electrons. The summed E-state index contributed by atoms with van der Waals surface area (Å²) >= 11 is 6.03. The average molecular weight is 487 g/mol. The van der Waals surface area contributed by atoms with Crippen molar-refractivity contribution in [1.82, 2.24) is 9.62 Å². The molecule has 1 aliphatic rings. The standard InChI is InChI=1S/C25H24ClFN2O3S/c26-21-8-6-19(7-9-21)24(18-4-2-1-3-5-18)28-25(30)20-14-16-29(17-15-20)33(31,32)23-12-10-22(27)11-13-23/h1-13,20,24H,14-17H2,(H,28,30). The fourth-order valence-electron chi connectivity index (χ4n) is 4.03. The smallest absolute Gasteiger partial charge is 0.243 e. The summed E-state index contributed by atoms with van der Waals surface area (Å²) in [6, 6.07) is 21.5. The van der Waals surface area contributed by atoms with Gasteiger partial charge in [-0.15, -0.1) is 0 Å². The van der Waals surface area contributed by atoms with Gasteiger partial charge in [0.25, 0.3) is 0 Å². The lowest BCUT2D eigenvalue weighted by atomic mass is 9.94. The van der Waals surface area contributed by atoms with Crippen LogP contribution in [0, 0.1) is 11.7 Å². The molecule has 33 heavy (non-hydrogen) atoms. The maximum Gasteiger partial charge on any atom is 0.243 e. The minimum Gasteiger partial charge on any atom is -0.345 e. The normalized spacial score (nSPS) is 16.3. The molecule has 0 saturated carbocycles. The first-order valence-corrected chi connectivity index (χ1v) is 12.5. The van der Waals surface area contributed by atoms with Crippen LogP contribution in [0.3, 0.4) is 0 Å². The number of halogens is 2. The fraction of sp³-hybridized carbons (Fsp3) is 0.240. The molecule has 0 aliphatic carbocycles. The van der Waals surface area contributed by atoms with E-state index in [0.717, 1.165) is 23.3 Å². The Morgan fingerprint density at radius 1 is 0.909 bits per heavy atom. The van der Waals surface area contributed by atoms with Crippen LogP contribution in [0.15, 0.2) is 83.8 Å². The molecule has 0 spiro atoms. The number of rotatable bonds is 6. The molecule has 1 amide bonds. The van der Waals surface area contributed by atoms with Crippen LogP contribution in [0.25, 0.3) is 0 Å². The Bertz CT molecular complexity index is 1190. The third kappa shape index (κ3) is 5.43. The Morgan fingerprint density at radius 2 is 1.48 bits per heavy atom. The van der Waals surface area contributed by atoms with E-state index in [2.05, 4.69) is 5.32 Å². The number of piperidine rings is 1. The van der Waals surface area contributed by atoms with E-state index in [1.807, 2.05) is 42.5 Å². The van der Waals surface area contributed by atoms with Crippen molar-refractivity contribution in [3.63, 3.8) is 0 Å². The van der Waals surface area contributed by atoms with Crippen LogP contribution in [0.2, 0.25) is 5.02 Å². The first-order chi connectivity index (χ1) is 15.8. The lowest BCUT2D eigenvalue weighted by Crippen LogP contribution is -2.43. The zero-order chi connectivity index (χ0) is 23.4. The molecule has 1 heterocycles. The molecule has 3 aromatic rings. The summed E-state index contributed by atoms with van der Waals surface area (Å²) in [5, 5.41) is 3.76. The van der Waals surface area contributed by atoms with Gasteiger partial charge in [-0.05, 0) is 60.4 Å². The van der Waals surface area contributed by atoms with Gasteiger partial charge in [0.2, 0.25) is 15.9 Å². The molecule has 8 heteroatoms. The summed E-state index contributed by atoms with van der Waals surface area (Å²) in [6.45, 7) is 0.462. The van der Waals surface area contributed by atoms with Crippen LogP contribution < -0.4 is 5.32 Å². The molecule has 1 aliphatic heterocycles. The maximum atomic E-state index is 13.2. The predicted octanol–water partition coefficient (Wildman–Crippen LogP) is 4.79. The van der Waals surface area contributed by atoms with Crippen molar-refractivity contribution in [3.8, 4) is 0 Å². The molecular formula is C25H24ClFN2O3S. The van der Waals surface area contributed by atoms with Gasteiger partial charge in [-0.2, -0.15) is 4.31 Å². The van der Waals surface area contributed by atoms with E-state index in [0.29, 0.717) is 17.9 Å². The molecule has 0 bridgehead atoms. The van der Waals surface area contributed by atoms with Crippen molar-refractivity contribution in [2.24, 2.45) is 5.92 Å². The van der Waals surface area contributed by atoms with E-state index >= 15 is 0 Å². The predicted molar refractivity (Wildman–Crippen MR) is 126 cm³/mol. The Kier molecular flexibility index (Phi) is 7.12. The van der Waals surface area contributed by atoms with Gasteiger partial charge < -0.3 is 5.32 Å². The Morgan fingerprint density at radius 3 is 2.09 bits per heavy atom. The van der Waals surface area contributed by atoms with Gasteiger partial charge in [0.05, 0.1) is 10.9 Å². The number of sulfonamides is 1. The quantitative estimate of drug-likeness (QED) is 0.545. The lowest BCUT2D eigenvalue weighted by molar-refractivity contribution is -0.126. The van der Waals surface area contributed by atoms with Crippen LogP contribution in [-0.4, -0.2) is 31.7 Å². The molecule has 1 saturated heterocycles. The molecule has 3 aromatic carbocycles. The summed E-state index contributed by atoms with van der Waals surface area (Å²) in [4.78, 5) is 13.2. The third-order valence-electron chi connectivity index (χ3n) is 5.90. The minimum absolute atomic E-state index is 0.0543. The number of carbonyl (C=O) groups is 1. The minimum atomic E-state index is -3.72. The highest BCUT2D eigenvalue weighted by Gasteiger charge is 2.33. The molecule has 0 aromatic heterocycles. The zero-order valence-corrected chi connectivity index (χ0v) is 19.4. The molecule has 4 rings (SSSR count). The van der Waals surface area contributed by atoms with Crippen molar-refractivity contribution in [2.45, 2.75) is 23.8 Å². The maximum absolute atomic E-state index is 13.2. The third-order valence-corrected chi connectivity index (χ3v) is 8.06. The highest BCUT2D eigenvalue weighted by molar-refractivity contribution is 7.89. The van der Waals surface area contributed by atoms with Gasteiger partial charge in [0, 0.05) is 24.0 Å². The van der Waals surface area contributed by atoms with Crippen molar-refractivity contribution >= 4 is 27.5 Å². The van der Waals surface area contributed by atoms with Crippen LogP contribution in [0.4, 0.5) is 4.39 Å². The topological polar surface area (TPSA) is 66.5 Å². The molecular weight excluding hydrogens is 463 g/mol.